The number of carbonyl (C=O) groups excluding carboxylic acids is 1. The van der Waals surface area contributed by atoms with E-state index < -0.39 is 0 Å². The molecule has 0 saturated heterocycles. The van der Waals surface area contributed by atoms with E-state index in [1.165, 1.54) is 0 Å². The number of rotatable bonds is 5. The van der Waals surface area contributed by atoms with Crippen LogP contribution in [0.5, 0.6) is 11.5 Å². The molecule has 0 aromatic heterocycles. The fraction of sp³-hybridized carbons (Fsp3) is 0.125. The summed E-state index contributed by atoms with van der Waals surface area (Å²) in [5.41, 5.74) is 4.30. The molecule has 7 heteroatoms. The zero-order chi connectivity index (χ0) is 16.1. The summed E-state index contributed by atoms with van der Waals surface area (Å²) in [5, 5.41) is 6.79. The lowest BCUT2D eigenvalue weighted by Gasteiger charge is -2.04. The Hall–Kier alpha value is -2.54. The molecule has 0 atom stereocenters. The molecule has 23 heavy (non-hydrogen) atoms. The molecule has 0 radical (unpaired) electrons. The van der Waals surface area contributed by atoms with Gasteiger partial charge in [-0.1, -0.05) is 15.9 Å². The summed E-state index contributed by atoms with van der Waals surface area (Å²) in [6.07, 6.45) is 1.62. The highest BCUT2D eigenvalue weighted by Crippen LogP contribution is 2.31. The molecule has 0 unspecified atom stereocenters. The van der Waals surface area contributed by atoms with E-state index in [2.05, 4.69) is 31.8 Å². The molecule has 6 nitrogen and oxygen atoms in total. The van der Waals surface area contributed by atoms with Crippen LogP contribution in [-0.4, -0.2) is 25.5 Å². The van der Waals surface area contributed by atoms with Gasteiger partial charge >= 0.3 is 0 Å². The van der Waals surface area contributed by atoms with E-state index in [0.29, 0.717) is 5.75 Å². The number of hydrazone groups is 1. The van der Waals surface area contributed by atoms with Crippen LogP contribution in [0.3, 0.4) is 0 Å². The van der Waals surface area contributed by atoms with Crippen molar-refractivity contribution in [1.82, 2.24) is 5.43 Å². The van der Waals surface area contributed by atoms with Crippen molar-refractivity contribution in [3.8, 4) is 11.5 Å². The van der Waals surface area contributed by atoms with Gasteiger partial charge in [-0.25, -0.2) is 0 Å². The molecule has 118 valence electrons. The fourth-order valence-electron chi connectivity index (χ4n) is 1.97. The maximum Gasteiger partial charge on any atom is 0.245 e. The van der Waals surface area contributed by atoms with Gasteiger partial charge in [0.15, 0.2) is 11.5 Å². The predicted octanol–water partition coefficient (Wildman–Crippen LogP) is 2.74. The summed E-state index contributed by atoms with van der Waals surface area (Å²) in [4.78, 5) is 11.8. The van der Waals surface area contributed by atoms with E-state index in [4.69, 9.17) is 9.47 Å². The Kier molecular flexibility index (Phi) is 4.77. The number of ether oxygens (including phenoxy) is 2. The average Bonchev–Trinajstić information content (AvgIpc) is 3.01. The molecular formula is C16H14BrN3O3. The molecule has 3 rings (SSSR count). The van der Waals surface area contributed by atoms with Crippen molar-refractivity contribution < 1.29 is 14.3 Å². The second kappa shape index (κ2) is 7.15. The van der Waals surface area contributed by atoms with E-state index in [9.17, 15) is 4.79 Å². The Morgan fingerprint density at radius 3 is 2.78 bits per heavy atom. The maximum absolute atomic E-state index is 11.8. The molecule has 2 N–H and O–H groups in total. The van der Waals surface area contributed by atoms with Crippen molar-refractivity contribution in [2.75, 3.05) is 18.7 Å². The number of hydrogen-bond acceptors (Lipinski definition) is 5. The van der Waals surface area contributed by atoms with Crippen molar-refractivity contribution in [2.45, 2.75) is 0 Å². The fourth-order valence-corrected chi connectivity index (χ4v) is 2.23. The van der Waals surface area contributed by atoms with Gasteiger partial charge in [0.2, 0.25) is 12.7 Å². The third-order valence-corrected chi connectivity index (χ3v) is 3.60. The van der Waals surface area contributed by atoms with Gasteiger partial charge in [0.25, 0.3) is 0 Å². The van der Waals surface area contributed by atoms with Crippen LogP contribution in [0.25, 0.3) is 0 Å². The van der Waals surface area contributed by atoms with Crippen LogP contribution in [-0.2, 0) is 4.79 Å². The molecule has 2 aromatic rings. The van der Waals surface area contributed by atoms with Crippen LogP contribution in [0.2, 0.25) is 0 Å². The third-order valence-electron chi connectivity index (χ3n) is 3.07. The molecule has 1 aliphatic heterocycles. The lowest BCUT2D eigenvalue weighted by atomic mass is 10.2. The maximum atomic E-state index is 11.8. The molecule has 0 aliphatic carbocycles. The molecule has 0 fully saturated rings. The Morgan fingerprint density at radius 1 is 1.17 bits per heavy atom. The molecular weight excluding hydrogens is 362 g/mol. The number of benzene rings is 2. The van der Waals surface area contributed by atoms with Crippen LogP contribution < -0.4 is 20.2 Å². The van der Waals surface area contributed by atoms with Gasteiger partial charge in [0.1, 0.15) is 6.54 Å². The van der Waals surface area contributed by atoms with Crippen molar-refractivity contribution >= 4 is 33.7 Å². The van der Waals surface area contributed by atoms with Crippen molar-refractivity contribution in [2.24, 2.45) is 5.10 Å². The molecule has 2 aromatic carbocycles. The molecule has 1 amide bonds. The topological polar surface area (TPSA) is 72.0 Å². The van der Waals surface area contributed by atoms with Crippen LogP contribution in [0.4, 0.5) is 5.69 Å². The Balaban J connectivity index is 1.47. The molecule has 0 saturated carbocycles. The van der Waals surface area contributed by atoms with E-state index >= 15 is 0 Å². The van der Waals surface area contributed by atoms with Gasteiger partial charge in [0, 0.05) is 10.2 Å². The van der Waals surface area contributed by atoms with Crippen molar-refractivity contribution in [3.05, 3.63) is 52.5 Å². The van der Waals surface area contributed by atoms with E-state index in [0.717, 1.165) is 21.5 Å². The number of fused-ring (bicyclic) bond motifs is 1. The van der Waals surface area contributed by atoms with E-state index in [-0.39, 0.29) is 19.2 Å². The first-order valence-corrected chi connectivity index (χ1v) is 7.71. The van der Waals surface area contributed by atoms with Crippen LogP contribution in [0.15, 0.2) is 52.0 Å². The lowest BCUT2D eigenvalue weighted by Crippen LogP contribution is -2.24. The number of nitrogens with one attached hydrogen (secondary N) is 2. The van der Waals surface area contributed by atoms with E-state index in [1.807, 2.05) is 42.5 Å². The Bertz CT molecular complexity index is 732. The SMILES string of the molecule is O=C(CN/N=C\c1ccc2c(c1)OCO2)Nc1ccc(Br)cc1. The highest BCUT2D eigenvalue weighted by atomic mass is 79.9. The predicted molar refractivity (Wildman–Crippen MR) is 90.9 cm³/mol. The standard InChI is InChI=1S/C16H14BrN3O3/c17-12-2-4-13(5-3-12)20-16(21)9-19-18-8-11-1-6-14-15(7-11)23-10-22-14/h1-8,19H,9-10H2,(H,20,21)/b18-8-. The normalized spacial score (nSPS) is 12.4. The first-order chi connectivity index (χ1) is 11.2. The van der Waals surface area contributed by atoms with Crippen LogP contribution >= 0.6 is 15.9 Å². The summed E-state index contributed by atoms with van der Waals surface area (Å²) >= 11 is 3.34. The van der Waals surface area contributed by atoms with Gasteiger partial charge in [-0.15, -0.1) is 0 Å². The number of halogens is 1. The van der Waals surface area contributed by atoms with Crippen LogP contribution in [0.1, 0.15) is 5.56 Å². The molecule has 0 spiro atoms. The average molecular weight is 376 g/mol. The van der Waals surface area contributed by atoms with E-state index in [1.54, 1.807) is 6.21 Å². The second-order valence-corrected chi connectivity index (χ2v) is 5.68. The van der Waals surface area contributed by atoms with Crippen molar-refractivity contribution in [1.29, 1.82) is 0 Å². The summed E-state index contributed by atoms with van der Waals surface area (Å²) in [5.74, 6) is 1.25. The third kappa shape index (κ3) is 4.23. The monoisotopic (exact) mass is 375 g/mol. The number of carbonyl (C=O) groups is 1. The first-order valence-electron chi connectivity index (χ1n) is 6.92. The summed E-state index contributed by atoms with van der Waals surface area (Å²) < 4.78 is 11.5. The van der Waals surface area contributed by atoms with Gasteiger partial charge in [-0.2, -0.15) is 5.10 Å². The van der Waals surface area contributed by atoms with Gasteiger partial charge < -0.3 is 20.2 Å². The highest BCUT2D eigenvalue weighted by Gasteiger charge is 2.12. The van der Waals surface area contributed by atoms with Gasteiger partial charge in [-0.3, -0.25) is 4.79 Å². The largest absolute Gasteiger partial charge is 0.454 e. The minimum atomic E-state index is -0.171. The molecule has 0 bridgehead atoms. The zero-order valence-electron chi connectivity index (χ0n) is 12.1. The number of hydrogen-bond donors (Lipinski definition) is 2. The quantitative estimate of drug-likeness (QED) is 0.622. The number of amides is 1. The highest BCUT2D eigenvalue weighted by molar-refractivity contribution is 9.10. The Labute approximate surface area is 141 Å². The minimum Gasteiger partial charge on any atom is -0.454 e. The Morgan fingerprint density at radius 2 is 1.96 bits per heavy atom. The summed E-state index contributed by atoms with van der Waals surface area (Å²) in [7, 11) is 0. The first kappa shape index (κ1) is 15.4. The minimum absolute atomic E-state index is 0.0805. The van der Waals surface area contributed by atoms with Crippen molar-refractivity contribution in [3.63, 3.8) is 0 Å². The summed E-state index contributed by atoms with van der Waals surface area (Å²) in [6, 6.07) is 12.9. The lowest BCUT2D eigenvalue weighted by molar-refractivity contribution is -0.115. The second-order valence-electron chi connectivity index (χ2n) is 4.76. The number of nitrogens with zero attached hydrogens (tertiary/aromatic N) is 1. The summed E-state index contributed by atoms with van der Waals surface area (Å²) in [6.45, 7) is 0.321. The smallest absolute Gasteiger partial charge is 0.245 e. The van der Waals surface area contributed by atoms with Gasteiger partial charge in [0.05, 0.1) is 6.21 Å². The number of anilines is 1. The van der Waals surface area contributed by atoms with Gasteiger partial charge in [-0.05, 0) is 48.0 Å². The molecule has 1 heterocycles. The zero-order valence-corrected chi connectivity index (χ0v) is 13.7. The van der Waals surface area contributed by atoms with Crippen LogP contribution in [0, 0.1) is 0 Å². The molecule has 1 aliphatic rings.